The van der Waals surface area contributed by atoms with Gasteiger partial charge in [0.1, 0.15) is 35.2 Å². The van der Waals surface area contributed by atoms with Gasteiger partial charge in [0.25, 0.3) is 0 Å². The molecule has 0 radical (unpaired) electrons. The van der Waals surface area contributed by atoms with Gasteiger partial charge in [0.05, 0.1) is 80.3 Å². The lowest BCUT2D eigenvalue weighted by molar-refractivity contribution is -0.182. The maximum atomic E-state index is 14.3. The number of unbranched alkanes of at least 4 members (excludes halogenated alkanes) is 7. The molecular formula is C65H92O12. The zero-order valence-corrected chi connectivity index (χ0v) is 48.2. The van der Waals surface area contributed by atoms with Gasteiger partial charge < -0.3 is 52.8 Å². The van der Waals surface area contributed by atoms with Crippen molar-refractivity contribution in [3.63, 3.8) is 0 Å². The molecule has 2 N–H and O–H groups in total. The van der Waals surface area contributed by atoms with Gasteiger partial charge in [-0.3, -0.25) is 0 Å². The summed E-state index contributed by atoms with van der Waals surface area (Å²) in [4.78, 5) is 14.3. The van der Waals surface area contributed by atoms with Gasteiger partial charge in [-0.2, -0.15) is 0 Å². The molecule has 0 amide bonds. The lowest BCUT2D eigenvalue weighted by Crippen LogP contribution is -2.47. The molecule has 0 saturated heterocycles. The van der Waals surface area contributed by atoms with Crippen molar-refractivity contribution in [1.82, 2.24) is 0 Å². The molecule has 4 aromatic carbocycles. The number of carbonyl (C=O) groups is 1. The smallest absolute Gasteiger partial charge is 0.333 e. The molecule has 0 aliphatic heterocycles. The fourth-order valence-electron chi connectivity index (χ4n) is 9.47. The Balaban J connectivity index is 1.53. The summed E-state index contributed by atoms with van der Waals surface area (Å²) in [5, 5.41) is 22.7. The van der Waals surface area contributed by atoms with E-state index in [1.165, 1.54) is 51.4 Å². The van der Waals surface area contributed by atoms with Crippen molar-refractivity contribution in [2.24, 2.45) is 17.8 Å². The van der Waals surface area contributed by atoms with Crippen LogP contribution < -0.4 is 18.9 Å². The third kappa shape index (κ3) is 23.2. The predicted octanol–water partition coefficient (Wildman–Crippen LogP) is 13.5. The Labute approximate surface area is 461 Å². The van der Waals surface area contributed by atoms with Crippen LogP contribution in [-0.4, -0.2) is 88.4 Å². The zero-order chi connectivity index (χ0) is 56.0. The average Bonchev–Trinajstić information content (AvgIpc) is 3.44. The minimum atomic E-state index is -1.04. The number of aliphatic hydroxyl groups is 2. The number of hydrogen-bond donors (Lipinski definition) is 2. The highest BCUT2D eigenvalue weighted by Crippen LogP contribution is 2.28. The molecule has 12 heteroatoms. The van der Waals surface area contributed by atoms with Gasteiger partial charge in [-0.05, 0) is 109 Å². The number of rotatable bonds is 38. The molecule has 4 rings (SSSR count). The monoisotopic (exact) mass is 1060 g/mol. The predicted molar refractivity (Wildman–Crippen MR) is 306 cm³/mol. The number of methoxy groups -OCH3 is 4. The van der Waals surface area contributed by atoms with Crippen LogP contribution in [0.2, 0.25) is 0 Å². The average molecular weight is 1070 g/mol. The largest absolute Gasteiger partial charge is 0.497 e. The lowest BCUT2D eigenvalue weighted by Gasteiger charge is -2.32. The summed E-state index contributed by atoms with van der Waals surface area (Å²) in [6, 6.07) is 30.4. The Hall–Kier alpha value is -5.47. The van der Waals surface area contributed by atoms with E-state index in [9.17, 15) is 15.0 Å². The van der Waals surface area contributed by atoms with E-state index in [0.29, 0.717) is 35.3 Å². The number of aliphatic hydroxyl groups excluding tert-OH is 2. The first-order valence-corrected chi connectivity index (χ1v) is 27.7. The topological polar surface area (TPSA) is 141 Å². The summed E-state index contributed by atoms with van der Waals surface area (Å²) in [6.07, 6.45) is 13.4. The second-order valence-electron chi connectivity index (χ2n) is 20.5. The Bertz CT molecular complexity index is 2320. The van der Waals surface area contributed by atoms with E-state index in [0.717, 1.165) is 45.6 Å². The fraction of sp³-hybridized carbons (Fsp3) is 0.523. The van der Waals surface area contributed by atoms with Crippen molar-refractivity contribution >= 4 is 5.97 Å². The Kier molecular flexibility index (Phi) is 29.8. The van der Waals surface area contributed by atoms with E-state index >= 15 is 0 Å². The van der Waals surface area contributed by atoms with Gasteiger partial charge >= 0.3 is 5.97 Å². The quantitative estimate of drug-likeness (QED) is 0.0191. The van der Waals surface area contributed by atoms with Gasteiger partial charge in [0, 0.05) is 17.4 Å². The summed E-state index contributed by atoms with van der Waals surface area (Å²) in [6.45, 7) is 14.7. The summed E-state index contributed by atoms with van der Waals surface area (Å²) in [7, 11) is 6.49. The Morgan fingerprint density at radius 1 is 0.532 bits per heavy atom. The van der Waals surface area contributed by atoms with Crippen molar-refractivity contribution in [2.75, 3.05) is 41.7 Å². The molecular weight excluding hydrogens is 973 g/mol. The first-order valence-electron chi connectivity index (χ1n) is 27.7. The lowest BCUT2D eigenvalue weighted by atomic mass is 9.87. The van der Waals surface area contributed by atoms with Gasteiger partial charge in [-0.1, -0.05) is 151 Å². The van der Waals surface area contributed by atoms with Crippen LogP contribution in [-0.2, 0) is 54.9 Å². The highest BCUT2D eigenvalue weighted by Gasteiger charge is 2.35. The van der Waals surface area contributed by atoms with Gasteiger partial charge in [0.2, 0.25) is 0 Å². The van der Waals surface area contributed by atoms with E-state index in [-0.39, 0.29) is 38.4 Å². The third-order valence-electron chi connectivity index (χ3n) is 14.1. The molecule has 0 aromatic heterocycles. The molecule has 4 aromatic rings. The zero-order valence-electron chi connectivity index (χ0n) is 48.2. The summed E-state index contributed by atoms with van der Waals surface area (Å²) >= 11 is 0. The van der Waals surface area contributed by atoms with Crippen molar-refractivity contribution in [3.05, 3.63) is 154 Å². The second kappa shape index (κ2) is 35.8. The molecule has 12 nitrogen and oxygen atoms in total. The molecule has 77 heavy (non-hydrogen) atoms. The second-order valence-corrected chi connectivity index (χ2v) is 20.5. The van der Waals surface area contributed by atoms with Crippen LogP contribution in [0.1, 0.15) is 129 Å². The number of carbonyl (C=O) groups excluding carboxylic acids is 1. The highest BCUT2D eigenvalue weighted by molar-refractivity contribution is 5.88. The first-order chi connectivity index (χ1) is 37.2. The van der Waals surface area contributed by atoms with Crippen LogP contribution in [0.25, 0.3) is 0 Å². The summed E-state index contributed by atoms with van der Waals surface area (Å²) < 4.78 is 53.7. The number of allylic oxidation sites excluding steroid dienone is 2. The van der Waals surface area contributed by atoms with Crippen LogP contribution in [0.15, 0.2) is 132 Å². The van der Waals surface area contributed by atoms with Crippen LogP contribution in [0.5, 0.6) is 23.0 Å². The standard InChI is InChI=1S/C65H92O12/c1-12-13-14-15-16-17-18-19-20-47(3)63(75-43-54-25-33-58(71-10)34-26-54)50(6)38-46(2)37-48(4)62(67)49(5)39-51(7)65(68)77-61(45-73-41-52-21-29-56(69-8)30-22-52)64(76-44-55-27-35-59(72-11)36-28-55)60(40-66)74-42-53-23-31-57(70-9)32-24-53/h21-39,47,49-50,60-64,66-67H,12-20,40-45H2,1-11H3/b46-38+,48-37+,51-39+/t47-,49+,50-,60+,61+,62+,63+,64-/m0/s1. The molecule has 0 aliphatic carbocycles. The van der Waals surface area contributed by atoms with E-state index < -0.39 is 42.9 Å². The minimum Gasteiger partial charge on any atom is -0.497 e. The third-order valence-corrected chi connectivity index (χ3v) is 14.1. The molecule has 0 fully saturated rings. The van der Waals surface area contributed by atoms with Crippen molar-refractivity contribution in [2.45, 2.75) is 163 Å². The first kappa shape index (κ1) is 64.1. The Morgan fingerprint density at radius 2 is 0.961 bits per heavy atom. The number of ether oxygens (including phenoxy) is 9. The van der Waals surface area contributed by atoms with Gasteiger partial charge in [-0.25, -0.2) is 4.79 Å². The SMILES string of the molecule is CCCCCCCCCC[C@H](C)[C@@H](OCc1ccc(OC)cc1)[C@@H](C)/C=C(C)/C=C(\C)[C@@H](O)[C@H](C)/C=C(\C)C(=O)O[C@H](COCc1ccc(OC)cc1)[C@@H](OCc1ccc(OC)cc1)[C@@H](CO)OCc1ccc(OC)cc1. The molecule has 0 bridgehead atoms. The highest BCUT2D eigenvalue weighted by atomic mass is 16.6. The molecule has 424 valence electrons. The van der Waals surface area contributed by atoms with Crippen molar-refractivity contribution in [3.8, 4) is 23.0 Å². The van der Waals surface area contributed by atoms with E-state index in [4.69, 9.17) is 42.6 Å². The molecule has 8 atom stereocenters. The Morgan fingerprint density at radius 3 is 1.42 bits per heavy atom. The maximum absolute atomic E-state index is 14.3. The van der Waals surface area contributed by atoms with E-state index in [2.05, 4.69) is 45.9 Å². The van der Waals surface area contributed by atoms with Gasteiger partial charge in [-0.15, -0.1) is 0 Å². The van der Waals surface area contributed by atoms with E-state index in [1.54, 1.807) is 41.4 Å². The number of hydrogen-bond acceptors (Lipinski definition) is 12. The summed E-state index contributed by atoms with van der Waals surface area (Å²) in [5.41, 5.74) is 5.72. The van der Waals surface area contributed by atoms with Crippen LogP contribution >= 0.6 is 0 Å². The molecule has 0 heterocycles. The van der Waals surface area contributed by atoms with Crippen LogP contribution in [0, 0.1) is 17.8 Å². The molecule has 0 saturated carbocycles. The molecule has 0 aliphatic rings. The normalized spacial score (nSPS) is 15.4. The molecule has 0 spiro atoms. The van der Waals surface area contributed by atoms with Crippen molar-refractivity contribution in [1.29, 1.82) is 0 Å². The maximum Gasteiger partial charge on any atom is 0.333 e. The number of benzene rings is 4. The fourth-order valence-corrected chi connectivity index (χ4v) is 9.47. The minimum absolute atomic E-state index is 0.0115. The molecule has 0 unspecified atom stereocenters. The summed E-state index contributed by atoms with van der Waals surface area (Å²) in [5.74, 6) is 2.28. The van der Waals surface area contributed by atoms with Gasteiger partial charge in [0.15, 0.2) is 6.10 Å². The van der Waals surface area contributed by atoms with Crippen LogP contribution in [0.3, 0.4) is 0 Å². The van der Waals surface area contributed by atoms with Crippen LogP contribution in [0.4, 0.5) is 0 Å². The number of esters is 1. The van der Waals surface area contributed by atoms with E-state index in [1.807, 2.05) is 105 Å². The van der Waals surface area contributed by atoms with Crippen molar-refractivity contribution < 1.29 is 57.6 Å².